The van der Waals surface area contributed by atoms with E-state index in [2.05, 4.69) is 10.1 Å². The SMILES string of the molecule is CCn1cc2c(C(F)F)cc(N3CCC(N)CC3)nc2n1. The van der Waals surface area contributed by atoms with E-state index in [1.54, 1.807) is 10.9 Å². The Morgan fingerprint density at radius 3 is 2.71 bits per heavy atom. The summed E-state index contributed by atoms with van der Waals surface area (Å²) in [7, 11) is 0. The highest BCUT2D eigenvalue weighted by molar-refractivity contribution is 5.81. The summed E-state index contributed by atoms with van der Waals surface area (Å²) in [5.74, 6) is 0.575. The monoisotopic (exact) mass is 295 g/mol. The van der Waals surface area contributed by atoms with Gasteiger partial charge in [0.25, 0.3) is 6.43 Å². The normalized spacial score (nSPS) is 17.1. The molecule has 0 bridgehead atoms. The summed E-state index contributed by atoms with van der Waals surface area (Å²) >= 11 is 0. The van der Waals surface area contributed by atoms with Crippen LogP contribution in [0.5, 0.6) is 0 Å². The molecule has 0 unspecified atom stereocenters. The lowest BCUT2D eigenvalue weighted by Crippen LogP contribution is -2.40. The number of pyridine rings is 1. The lowest BCUT2D eigenvalue weighted by Gasteiger charge is -2.31. The van der Waals surface area contributed by atoms with Crippen LogP contribution >= 0.6 is 0 Å². The van der Waals surface area contributed by atoms with Gasteiger partial charge in [0.2, 0.25) is 0 Å². The number of nitrogens with two attached hydrogens (primary N) is 1. The van der Waals surface area contributed by atoms with Crippen LogP contribution in [0.25, 0.3) is 11.0 Å². The van der Waals surface area contributed by atoms with Gasteiger partial charge in [-0.05, 0) is 25.8 Å². The summed E-state index contributed by atoms with van der Waals surface area (Å²) in [6.07, 6.45) is 0.816. The number of aryl methyl sites for hydroxylation is 1. The van der Waals surface area contributed by atoms with E-state index in [9.17, 15) is 8.78 Å². The van der Waals surface area contributed by atoms with Crippen molar-refractivity contribution in [3.63, 3.8) is 0 Å². The second-order valence-electron chi connectivity index (χ2n) is 5.42. The molecule has 5 nitrogen and oxygen atoms in total. The average Bonchev–Trinajstić information content (AvgIpc) is 2.89. The van der Waals surface area contributed by atoms with E-state index in [4.69, 9.17) is 5.73 Å². The van der Waals surface area contributed by atoms with E-state index in [0.29, 0.717) is 23.4 Å². The minimum Gasteiger partial charge on any atom is -0.356 e. The molecule has 0 saturated carbocycles. The van der Waals surface area contributed by atoms with Crippen LogP contribution < -0.4 is 10.6 Å². The molecule has 0 spiro atoms. The number of halogens is 2. The molecule has 1 aliphatic rings. The maximum absolute atomic E-state index is 13.3. The third kappa shape index (κ3) is 2.70. The zero-order valence-corrected chi connectivity index (χ0v) is 12.0. The molecule has 0 radical (unpaired) electrons. The fourth-order valence-corrected chi connectivity index (χ4v) is 2.69. The molecule has 0 aliphatic carbocycles. The molecule has 114 valence electrons. The number of nitrogens with zero attached hydrogens (tertiary/aromatic N) is 4. The Balaban J connectivity index is 2.03. The number of fused-ring (bicyclic) bond motifs is 1. The molecule has 21 heavy (non-hydrogen) atoms. The minimum atomic E-state index is -2.53. The number of aromatic nitrogens is 3. The van der Waals surface area contributed by atoms with Crippen LogP contribution in [-0.4, -0.2) is 33.9 Å². The van der Waals surface area contributed by atoms with E-state index in [-0.39, 0.29) is 11.6 Å². The molecule has 1 saturated heterocycles. The highest BCUT2D eigenvalue weighted by Crippen LogP contribution is 2.30. The molecule has 3 rings (SSSR count). The van der Waals surface area contributed by atoms with E-state index in [1.165, 1.54) is 6.07 Å². The van der Waals surface area contributed by atoms with Gasteiger partial charge in [0.15, 0.2) is 5.65 Å². The first-order valence-corrected chi connectivity index (χ1v) is 7.25. The topological polar surface area (TPSA) is 60.0 Å². The lowest BCUT2D eigenvalue weighted by molar-refractivity contribution is 0.153. The number of rotatable bonds is 3. The van der Waals surface area contributed by atoms with Crippen LogP contribution in [0.2, 0.25) is 0 Å². The standard InChI is InChI=1S/C14H19F2N5/c1-2-21-8-11-10(13(15)16)7-12(18-14(11)19-21)20-5-3-9(17)4-6-20/h7-9,13H,2-6,17H2,1H3. The van der Waals surface area contributed by atoms with Crippen molar-refractivity contribution in [2.75, 3.05) is 18.0 Å². The van der Waals surface area contributed by atoms with E-state index in [0.717, 1.165) is 25.9 Å². The van der Waals surface area contributed by atoms with Crippen LogP contribution in [0.15, 0.2) is 12.3 Å². The highest BCUT2D eigenvalue weighted by Gasteiger charge is 2.22. The second-order valence-corrected chi connectivity index (χ2v) is 5.42. The number of hydrogen-bond acceptors (Lipinski definition) is 4. The van der Waals surface area contributed by atoms with Crippen molar-refractivity contribution < 1.29 is 8.78 Å². The van der Waals surface area contributed by atoms with E-state index < -0.39 is 6.43 Å². The predicted octanol–water partition coefficient (Wildman–Crippen LogP) is 2.32. The van der Waals surface area contributed by atoms with Crippen LogP contribution in [-0.2, 0) is 6.54 Å². The number of anilines is 1. The Bertz CT molecular complexity index is 632. The Kier molecular flexibility index (Phi) is 3.75. The highest BCUT2D eigenvalue weighted by atomic mass is 19.3. The van der Waals surface area contributed by atoms with Gasteiger partial charge in [-0.25, -0.2) is 13.8 Å². The van der Waals surface area contributed by atoms with Gasteiger partial charge in [-0.15, -0.1) is 0 Å². The van der Waals surface area contributed by atoms with Crippen molar-refractivity contribution >= 4 is 16.9 Å². The van der Waals surface area contributed by atoms with E-state index >= 15 is 0 Å². The summed E-state index contributed by atoms with van der Waals surface area (Å²) in [5, 5.41) is 4.70. The third-order valence-electron chi connectivity index (χ3n) is 3.98. The molecule has 1 aliphatic heterocycles. The van der Waals surface area contributed by atoms with Crippen molar-refractivity contribution in [2.24, 2.45) is 5.73 Å². The van der Waals surface area contributed by atoms with Crippen LogP contribution in [0, 0.1) is 0 Å². The average molecular weight is 295 g/mol. The summed E-state index contributed by atoms with van der Waals surface area (Å²) in [6, 6.07) is 1.68. The Hall–Kier alpha value is -1.76. The van der Waals surface area contributed by atoms with Gasteiger partial charge in [-0.1, -0.05) is 0 Å². The van der Waals surface area contributed by atoms with Gasteiger partial charge in [-0.2, -0.15) is 5.10 Å². The zero-order chi connectivity index (χ0) is 15.0. The van der Waals surface area contributed by atoms with Gasteiger partial charge in [0, 0.05) is 42.8 Å². The maximum Gasteiger partial charge on any atom is 0.264 e. The molecule has 2 aromatic heterocycles. The Morgan fingerprint density at radius 1 is 1.38 bits per heavy atom. The smallest absolute Gasteiger partial charge is 0.264 e. The van der Waals surface area contributed by atoms with Crippen LogP contribution in [0.3, 0.4) is 0 Å². The molecule has 1 fully saturated rings. The zero-order valence-electron chi connectivity index (χ0n) is 12.0. The van der Waals surface area contributed by atoms with Crippen molar-refractivity contribution in [2.45, 2.75) is 38.8 Å². The fraction of sp³-hybridized carbons (Fsp3) is 0.571. The third-order valence-corrected chi connectivity index (χ3v) is 3.98. The van der Waals surface area contributed by atoms with Crippen LogP contribution in [0.4, 0.5) is 14.6 Å². The van der Waals surface area contributed by atoms with Crippen molar-refractivity contribution in [3.8, 4) is 0 Å². The predicted molar refractivity (Wildman–Crippen MR) is 77.6 cm³/mol. The summed E-state index contributed by atoms with van der Waals surface area (Å²) in [4.78, 5) is 6.47. The minimum absolute atomic E-state index is 0.00423. The molecule has 0 atom stereocenters. The lowest BCUT2D eigenvalue weighted by atomic mass is 10.1. The van der Waals surface area contributed by atoms with Gasteiger partial charge >= 0.3 is 0 Å². The van der Waals surface area contributed by atoms with Gasteiger partial charge in [-0.3, -0.25) is 4.68 Å². The number of piperidine rings is 1. The molecule has 2 N–H and O–H groups in total. The molecule has 0 aromatic carbocycles. The first-order chi connectivity index (χ1) is 10.1. The van der Waals surface area contributed by atoms with Crippen molar-refractivity contribution in [1.82, 2.24) is 14.8 Å². The van der Waals surface area contributed by atoms with Gasteiger partial charge in [0.1, 0.15) is 5.82 Å². The molecular weight excluding hydrogens is 276 g/mol. The summed E-state index contributed by atoms with van der Waals surface area (Å²) in [6.45, 7) is 4.04. The summed E-state index contributed by atoms with van der Waals surface area (Å²) < 4.78 is 28.3. The fourth-order valence-electron chi connectivity index (χ4n) is 2.69. The Morgan fingerprint density at radius 2 is 2.10 bits per heavy atom. The molecule has 2 aromatic rings. The van der Waals surface area contributed by atoms with Crippen molar-refractivity contribution in [1.29, 1.82) is 0 Å². The summed E-state index contributed by atoms with van der Waals surface area (Å²) in [5.41, 5.74) is 6.27. The van der Waals surface area contributed by atoms with Crippen molar-refractivity contribution in [3.05, 3.63) is 17.8 Å². The largest absolute Gasteiger partial charge is 0.356 e. The molecule has 3 heterocycles. The van der Waals surface area contributed by atoms with Gasteiger partial charge in [0.05, 0.1) is 0 Å². The second kappa shape index (κ2) is 5.55. The Labute approximate surface area is 121 Å². The maximum atomic E-state index is 13.3. The first kappa shape index (κ1) is 14.2. The van der Waals surface area contributed by atoms with Gasteiger partial charge < -0.3 is 10.6 Å². The molecule has 0 amide bonds. The molecule has 7 heteroatoms. The quantitative estimate of drug-likeness (QED) is 0.944. The number of alkyl halides is 2. The van der Waals surface area contributed by atoms with E-state index in [1.807, 2.05) is 11.8 Å². The number of hydrogen-bond donors (Lipinski definition) is 1. The molecular formula is C14H19F2N5. The van der Waals surface area contributed by atoms with Crippen LogP contribution in [0.1, 0.15) is 31.8 Å². The first-order valence-electron chi connectivity index (χ1n) is 7.25.